The number of carbonyl (C=O) groups excluding carboxylic acids is 2. The van der Waals surface area contributed by atoms with E-state index in [1.807, 2.05) is 4.90 Å². The Bertz CT molecular complexity index is 270. The number of nitrogens with one attached hydrogen (secondary N) is 1. The van der Waals surface area contributed by atoms with Gasteiger partial charge in [-0.1, -0.05) is 0 Å². The van der Waals surface area contributed by atoms with E-state index in [9.17, 15) is 9.59 Å². The topological polar surface area (TPSA) is 67.9 Å². The molecule has 0 aromatic rings. The highest BCUT2D eigenvalue weighted by molar-refractivity contribution is 5.78. The van der Waals surface area contributed by atoms with Crippen LogP contribution in [0, 0.1) is 5.92 Å². The highest BCUT2D eigenvalue weighted by Crippen LogP contribution is 2.16. The Morgan fingerprint density at radius 2 is 2.18 bits per heavy atom. The van der Waals surface area contributed by atoms with Gasteiger partial charge < -0.3 is 14.8 Å². The predicted molar refractivity (Wildman–Crippen MR) is 61.4 cm³/mol. The van der Waals surface area contributed by atoms with Gasteiger partial charge in [0.15, 0.2) is 0 Å². The van der Waals surface area contributed by atoms with Crippen LogP contribution in [0.15, 0.2) is 0 Å². The molecule has 1 aliphatic heterocycles. The molecular formula is C11H20N2O4. The van der Waals surface area contributed by atoms with E-state index in [1.54, 1.807) is 7.11 Å². The molecular weight excluding hydrogens is 224 g/mol. The van der Waals surface area contributed by atoms with Crippen molar-refractivity contribution < 1.29 is 19.1 Å². The SMILES string of the molecule is COCCNC(=O)CN1CCC(C(=O)OC)C1. The Hall–Kier alpha value is -1.14. The summed E-state index contributed by atoms with van der Waals surface area (Å²) in [6, 6.07) is 0. The van der Waals surface area contributed by atoms with Crippen LogP contribution in [-0.4, -0.2) is 63.8 Å². The molecule has 98 valence electrons. The maximum atomic E-state index is 11.5. The molecule has 1 heterocycles. The highest BCUT2D eigenvalue weighted by Gasteiger charge is 2.29. The summed E-state index contributed by atoms with van der Waals surface area (Å²) in [5.41, 5.74) is 0. The number of carbonyl (C=O) groups is 2. The lowest BCUT2D eigenvalue weighted by Crippen LogP contribution is -2.37. The Morgan fingerprint density at radius 3 is 2.82 bits per heavy atom. The van der Waals surface area contributed by atoms with E-state index in [2.05, 4.69) is 10.1 Å². The van der Waals surface area contributed by atoms with Crippen LogP contribution in [-0.2, 0) is 19.1 Å². The predicted octanol–water partition coefficient (Wildman–Crippen LogP) is -0.756. The Morgan fingerprint density at radius 1 is 1.41 bits per heavy atom. The maximum absolute atomic E-state index is 11.5. The van der Waals surface area contributed by atoms with Crippen molar-refractivity contribution in [3.8, 4) is 0 Å². The molecule has 1 atom stereocenters. The number of esters is 1. The average molecular weight is 244 g/mol. The van der Waals surface area contributed by atoms with Gasteiger partial charge in [-0.2, -0.15) is 0 Å². The molecule has 0 radical (unpaired) electrons. The van der Waals surface area contributed by atoms with Crippen LogP contribution in [0.3, 0.4) is 0 Å². The summed E-state index contributed by atoms with van der Waals surface area (Å²) in [5, 5.41) is 2.75. The van der Waals surface area contributed by atoms with Gasteiger partial charge in [0.1, 0.15) is 0 Å². The Balaban J connectivity index is 2.21. The molecule has 1 amide bonds. The third-order valence-electron chi connectivity index (χ3n) is 2.80. The van der Waals surface area contributed by atoms with E-state index >= 15 is 0 Å². The van der Waals surface area contributed by atoms with Crippen molar-refractivity contribution in [2.45, 2.75) is 6.42 Å². The second-order valence-corrected chi connectivity index (χ2v) is 4.09. The number of hydrogen-bond donors (Lipinski definition) is 1. The molecule has 0 aliphatic carbocycles. The number of amides is 1. The fourth-order valence-corrected chi connectivity index (χ4v) is 1.89. The molecule has 0 bridgehead atoms. The van der Waals surface area contributed by atoms with E-state index in [-0.39, 0.29) is 17.8 Å². The first kappa shape index (κ1) is 13.9. The lowest BCUT2D eigenvalue weighted by molar-refractivity contribution is -0.145. The van der Waals surface area contributed by atoms with Gasteiger partial charge in [0.05, 0.1) is 26.2 Å². The lowest BCUT2D eigenvalue weighted by atomic mass is 10.1. The molecule has 17 heavy (non-hydrogen) atoms. The zero-order chi connectivity index (χ0) is 12.7. The fraction of sp³-hybridized carbons (Fsp3) is 0.818. The summed E-state index contributed by atoms with van der Waals surface area (Å²) in [4.78, 5) is 24.7. The Kier molecular flexibility index (Phi) is 5.93. The van der Waals surface area contributed by atoms with Crippen molar-refractivity contribution in [2.75, 3.05) is 47.0 Å². The molecule has 1 N–H and O–H groups in total. The number of likely N-dealkylation sites (tertiary alicyclic amines) is 1. The first-order valence-electron chi connectivity index (χ1n) is 5.73. The van der Waals surface area contributed by atoms with Crippen molar-refractivity contribution in [1.82, 2.24) is 10.2 Å². The molecule has 6 nitrogen and oxygen atoms in total. The van der Waals surface area contributed by atoms with Crippen molar-refractivity contribution in [1.29, 1.82) is 0 Å². The van der Waals surface area contributed by atoms with Gasteiger partial charge in [0.2, 0.25) is 5.91 Å². The largest absolute Gasteiger partial charge is 0.469 e. The van der Waals surface area contributed by atoms with E-state index in [0.717, 1.165) is 13.0 Å². The Labute approximate surface area is 101 Å². The van der Waals surface area contributed by atoms with Crippen LogP contribution in [0.25, 0.3) is 0 Å². The van der Waals surface area contributed by atoms with Crippen molar-refractivity contribution in [3.63, 3.8) is 0 Å². The van der Waals surface area contributed by atoms with Crippen LogP contribution in [0.2, 0.25) is 0 Å². The number of methoxy groups -OCH3 is 2. The average Bonchev–Trinajstić information content (AvgIpc) is 2.77. The monoisotopic (exact) mass is 244 g/mol. The third kappa shape index (κ3) is 4.70. The van der Waals surface area contributed by atoms with Gasteiger partial charge in [-0.25, -0.2) is 0 Å². The molecule has 1 fully saturated rings. The molecule has 1 aliphatic rings. The second-order valence-electron chi connectivity index (χ2n) is 4.09. The van der Waals surface area contributed by atoms with Crippen LogP contribution in [0.5, 0.6) is 0 Å². The quantitative estimate of drug-likeness (QED) is 0.491. The molecule has 1 saturated heterocycles. The van der Waals surface area contributed by atoms with E-state index < -0.39 is 0 Å². The molecule has 1 unspecified atom stereocenters. The number of hydrogen-bond acceptors (Lipinski definition) is 5. The van der Waals surface area contributed by atoms with Crippen molar-refractivity contribution >= 4 is 11.9 Å². The molecule has 6 heteroatoms. The molecule has 0 spiro atoms. The van der Waals surface area contributed by atoms with Crippen molar-refractivity contribution in [2.24, 2.45) is 5.92 Å². The summed E-state index contributed by atoms with van der Waals surface area (Å²) < 4.78 is 9.52. The lowest BCUT2D eigenvalue weighted by Gasteiger charge is -2.14. The first-order valence-corrected chi connectivity index (χ1v) is 5.73. The summed E-state index contributed by atoms with van der Waals surface area (Å²) in [6.07, 6.45) is 0.762. The minimum absolute atomic E-state index is 0.0347. The van der Waals surface area contributed by atoms with Gasteiger partial charge >= 0.3 is 5.97 Å². The second kappa shape index (κ2) is 7.24. The van der Waals surface area contributed by atoms with E-state index in [0.29, 0.717) is 26.2 Å². The van der Waals surface area contributed by atoms with Gasteiger partial charge in [-0.15, -0.1) is 0 Å². The van der Waals surface area contributed by atoms with Crippen molar-refractivity contribution in [3.05, 3.63) is 0 Å². The van der Waals surface area contributed by atoms with Crippen LogP contribution >= 0.6 is 0 Å². The van der Waals surface area contributed by atoms with Crippen LogP contribution in [0.1, 0.15) is 6.42 Å². The minimum atomic E-state index is -0.188. The fourth-order valence-electron chi connectivity index (χ4n) is 1.89. The number of nitrogens with zero attached hydrogens (tertiary/aromatic N) is 1. The smallest absolute Gasteiger partial charge is 0.310 e. The zero-order valence-electron chi connectivity index (χ0n) is 10.4. The van der Waals surface area contributed by atoms with E-state index in [4.69, 9.17) is 4.74 Å². The summed E-state index contributed by atoms with van der Waals surface area (Å²) in [5.74, 6) is -0.313. The normalized spacial score (nSPS) is 20.2. The van der Waals surface area contributed by atoms with Gasteiger partial charge in [-0.05, 0) is 13.0 Å². The number of rotatable bonds is 6. The van der Waals surface area contributed by atoms with Gasteiger partial charge in [0.25, 0.3) is 0 Å². The molecule has 1 rings (SSSR count). The van der Waals surface area contributed by atoms with Crippen LogP contribution in [0.4, 0.5) is 0 Å². The van der Waals surface area contributed by atoms with E-state index in [1.165, 1.54) is 7.11 Å². The minimum Gasteiger partial charge on any atom is -0.469 e. The van der Waals surface area contributed by atoms with Gasteiger partial charge in [-0.3, -0.25) is 14.5 Å². The molecule has 0 aromatic carbocycles. The zero-order valence-corrected chi connectivity index (χ0v) is 10.4. The van der Waals surface area contributed by atoms with Gasteiger partial charge in [0, 0.05) is 20.2 Å². The summed E-state index contributed by atoms with van der Waals surface area (Å²) in [7, 11) is 2.98. The molecule has 0 aromatic heterocycles. The highest BCUT2D eigenvalue weighted by atomic mass is 16.5. The first-order chi connectivity index (χ1) is 8.17. The van der Waals surface area contributed by atoms with Crippen LogP contribution < -0.4 is 5.32 Å². The molecule has 0 saturated carbocycles. The summed E-state index contributed by atoms with van der Waals surface area (Å²) in [6.45, 7) is 2.72. The standard InChI is InChI=1S/C11H20N2O4/c1-16-6-4-12-10(14)8-13-5-3-9(7-13)11(15)17-2/h9H,3-8H2,1-2H3,(H,12,14). The third-order valence-corrected chi connectivity index (χ3v) is 2.80. The maximum Gasteiger partial charge on any atom is 0.310 e. The number of ether oxygens (including phenoxy) is 2. The summed E-state index contributed by atoms with van der Waals surface area (Å²) >= 11 is 0.